The molecule has 3 amide bonds. The van der Waals surface area contributed by atoms with Crippen LogP contribution in [0.5, 0.6) is 0 Å². The number of benzene rings is 3. The molecule has 0 saturated heterocycles. The molecule has 0 saturated carbocycles. The minimum Gasteiger partial charge on any atom is -0.465 e. The Balaban J connectivity index is 1.74. The highest BCUT2D eigenvalue weighted by Gasteiger charge is 2.29. The zero-order valence-electron chi connectivity index (χ0n) is 17.8. The Bertz CT molecular complexity index is 1250. The van der Waals surface area contributed by atoms with E-state index >= 15 is 0 Å². The summed E-state index contributed by atoms with van der Waals surface area (Å²) >= 11 is 0. The lowest BCUT2D eigenvalue weighted by Gasteiger charge is -2.15. The van der Waals surface area contributed by atoms with Gasteiger partial charge < -0.3 is 26.4 Å². The highest BCUT2D eigenvalue weighted by atomic mass is 16.5. The Labute approximate surface area is 190 Å². The van der Waals surface area contributed by atoms with Crippen molar-refractivity contribution >= 4 is 40.6 Å². The molecule has 0 aromatic heterocycles. The van der Waals surface area contributed by atoms with Gasteiger partial charge in [-0.25, -0.2) is 9.59 Å². The van der Waals surface area contributed by atoms with Crippen LogP contribution in [-0.4, -0.2) is 25.0 Å². The van der Waals surface area contributed by atoms with Gasteiger partial charge in [0.1, 0.15) is 0 Å². The Morgan fingerprint density at radius 1 is 0.970 bits per heavy atom. The van der Waals surface area contributed by atoms with Crippen molar-refractivity contribution in [2.75, 3.05) is 17.7 Å². The first-order chi connectivity index (χ1) is 16.0. The molecular formula is C25H22N4O4. The predicted molar refractivity (Wildman–Crippen MR) is 126 cm³/mol. The first kappa shape index (κ1) is 21.6. The molecular weight excluding hydrogens is 420 g/mol. The molecule has 0 fully saturated rings. The van der Waals surface area contributed by atoms with Crippen molar-refractivity contribution in [2.45, 2.75) is 6.54 Å². The number of nitrogens with two attached hydrogens (primary N) is 1. The summed E-state index contributed by atoms with van der Waals surface area (Å²) in [5.41, 5.74) is 10.3. The van der Waals surface area contributed by atoms with Gasteiger partial charge in [-0.2, -0.15) is 0 Å². The van der Waals surface area contributed by atoms with Crippen LogP contribution < -0.4 is 21.7 Å². The third kappa shape index (κ3) is 4.69. The minimum absolute atomic E-state index is 0.277. The van der Waals surface area contributed by atoms with Crippen molar-refractivity contribution < 1.29 is 19.1 Å². The zero-order valence-corrected chi connectivity index (χ0v) is 17.8. The van der Waals surface area contributed by atoms with E-state index in [9.17, 15) is 14.4 Å². The van der Waals surface area contributed by atoms with Crippen molar-refractivity contribution in [3.63, 3.8) is 0 Å². The average molecular weight is 442 g/mol. The van der Waals surface area contributed by atoms with E-state index in [0.717, 1.165) is 16.8 Å². The SMILES string of the molecule is COC(=O)c1ccc2c(c1)NC(=O)/C2=C(\Nc1ccc(CNC(N)=O)cc1)c1ccccc1. The number of carbonyl (C=O) groups excluding carboxylic acids is 3. The molecule has 0 radical (unpaired) electrons. The first-order valence-corrected chi connectivity index (χ1v) is 10.2. The summed E-state index contributed by atoms with van der Waals surface area (Å²) in [6.45, 7) is 0.320. The molecule has 0 atom stereocenters. The van der Waals surface area contributed by atoms with Crippen molar-refractivity contribution in [1.29, 1.82) is 0 Å². The second-order valence-electron chi connectivity index (χ2n) is 7.36. The molecule has 3 aromatic rings. The van der Waals surface area contributed by atoms with Gasteiger partial charge in [-0.15, -0.1) is 0 Å². The Kier molecular flexibility index (Phi) is 6.08. The summed E-state index contributed by atoms with van der Waals surface area (Å²) in [4.78, 5) is 35.8. The van der Waals surface area contributed by atoms with Gasteiger partial charge in [0.05, 0.1) is 29.6 Å². The van der Waals surface area contributed by atoms with Crippen LogP contribution in [0.1, 0.15) is 27.0 Å². The lowest BCUT2D eigenvalue weighted by Crippen LogP contribution is -2.28. The molecule has 8 nitrogen and oxygen atoms in total. The Hall–Kier alpha value is -4.59. The summed E-state index contributed by atoms with van der Waals surface area (Å²) in [5, 5.41) is 8.76. The van der Waals surface area contributed by atoms with Crippen LogP contribution in [0.25, 0.3) is 11.3 Å². The van der Waals surface area contributed by atoms with Crippen LogP contribution in [0, 0.1) is 0 Å². The van der Waals surface area contributed by atoms with Gasteiger partial charge >= 0.3 is 12.0 Å². The van der Waals surface area contributed by atoms with Gasteiger partial charge in [0.25, 0.3) is 5.91 Å². The highest BCUT2D eigenvalue weighted by molar-refractivity contribution is 6.37. The lowest BCUT2D eigenvalue weighted by molar-refractivity contribution is -0.110. The molecule has 0 bridgehead atoms. The molecule has 1 heterocycles. The molecule has 0 unspecified atom stereocenters. The van der Waals surface area contributed by atoms with Gasteiger partial charge in [-0.1, -0.05) is 48.5 Å². The van der Waals surface area contributed by atoms with E-state index in [-0.39, 0.29) is 5.91 Å². The number of carbonyl (C=O) groups is 3. The normalized spacial score (nSPS) is 13.5. The molecule has 33 heavy (non-hydrogen) atoms. The quantitative estimate of drug-likeness (QED) is 0.343. The van der Waals surface area contributed by atoms with Crippen molar-refractivity contribution in [3.8, 4) is 0 Å². The fourth-order valence-corrected chi connectivity index (χ4v) is 3.59. The van der Waals surface area contributed by atoms with E-state index in [0.29, 0.717) is 34.6 Å². The number of fused-ring (bicyclic) bond motifs is 1. The maximum atomic E-state index is 13.0. The second-order valence-corrected chi connectivity index (χ2v) is 7.36. The fraction of sp³-hybridized carbons (Fsp3) is 0.0800. The third-order valence-electron chi connectivity index (χ3n) is 5.19. The van der Waals surface area contributed by atoms with E-state index in [1.165, 1.54) is 7.11 Å². The number of rotatable bonds is 6. The van der Waals surface area contributed by atoms with Crippen molar-refractivity contribution in [1.82, 2.24) is 5.32 Å². The number of hydrogen-bond acceptors (Lipinski definition) is 5. The van der Waals surface area contributed by atoms with E-state index in [1.54, 1.807) is 18.2 Å². The van der Waals surface area contributed by atoms with E-state index in [4.69, 9.17) is 10.5 Å². The molecule has 8 heteroatoms. The highest BCUT2D eigenvalue weighted by Crippen LogP contribution is 2.38. The Morgan fingerprint density at radius 2 is 1.70 bits per heavy atom. The number of primary amides is 1. The molecule has 3 aromatic carbocycles. The summed E-state index contributed by atoms with van der Waals surface area (Å²) < 4.78 is 4.78. The molecule has 5 N–H and O–H groups in total. The predicted octanol–water partition coefficient (Wildman–Crippen LogP) is 3.57. The van der Waals surface area contributed by atoms with Crippen LogP contribution in [0.15, 0.2) is 72.8 Å². The number of anilines is 2. The monoisotopic (exact) mass is 442 g/mol. The maximum absolute atomic E-state index is 13.0. The number of hydrogen-bond donors (Lipinski definition) is 4. The number of esters is 1. The zero-order chi connectivity index (χ0) is 23.4. The summed E-state index contributed by atoms with van der Waals surface area (Å²) in [7, 11) is 1.31. The molecule has 166 valence electrons. The van der Waals surface area contributed by atoms with E-state index in [1.807, 2.05) is 54.6 Å². The van der Waals surface area contributed by atoms with Crippen LogP contribution in [0.3, 0.4) is 0 Å². The Morgan fingerprint density at radius 3 is 2.36 bits per heavy atom. The second kappa shape index (κ2) is 9.27. The summed E-state index contributed by atoms with van der Waals surface area (Å²) in [6.07, 6.45) is 0. The molecule has 1 aliphatic heterocycles. The van der Waals surface area contributed by atoms with Crippen LogP contribution in [0.4, 0.5) is 16.2 Å². The van der Waals surface area contributed by atoms with Gasteiger partial charge in [0, 0.05) is 17.8 Å². The van der Waals surface area contributed by atoms with Gasteiger partial charge in [0.15, 0.2) is 0 Å². The third-order valence-corrected chi connectivity index (χ3v) is 5.19. The minimum atomic E-state index is -0.588. The molecule has 0 spiro atoms. The first-order valence-electron chi connectivity index (χ1n) is 10.2. The number of methoxy groups -OCH3 is 1. The smallest absolute Gasteiger partial charge is 0.337 e. The van der Waals surface area contributed by atoms with Gasteiger partial charge in [-0.3, -0.25) is 4.79 Å². The summed E-state index contributed by atoms with van der Waals surface area (Å²) in [6, 6.07) is 21.3. The number of amides is 3. The van der Waals surface area contributed by atoms with Crippen molar-refractivity contribution in [3.05, 3.63) is 95.1 Å². The maximum Gasteiger partial charge on any atom is 0.337 e. The number of urea groups is 1. The lowest BCUT2D eigenvalue weighted by atomic mass is 9.99. The van der Waals surface area contributed by atoms with Crippen LogP contribution >= 0.6 is 0 Å². The number of ether oxygens (including phenoxy) is 1. The van der Waals surface area contributed by atoms with Gasteiger partial charge in [-0.05, 0) is 35.4 Å². The summed E-state index contributed by atoms with van der Waals surface area (Å²) in [5.74, 6) is -0.752. The standard InChI is InChI=1S/C25H22N4O4/c1-33-24(31)17-9-12-19-20(13-17)29-23(30)21(19)22(16-5-3-2-4-6-16)28-18-10-7-15(8-11-18)14-27-25(26)32/h2-13,28H,14H2,1H3,(H,29,30)(H3,26,27,32)/b22-21-. The van der Waals surface area contributed by atoms with Crippen molar-refractivity contribution in [2.24, 2.45) is 5.73 Å². The largest absolute Gasteiger partial charge is 0.465 e. The van der Waals surface area contributed by atoms with E-state index in [2.05, 4.69) is 16.0 Å². The van der Waals surface area contributed by atoms with Gasteiger partial charge in [0.2, 0.25) is 0 Å². The molecule has 1 aliphatic rings. The molecule has 4 rings (SSSR count). The fourth-order valence-electron chi connectivity index (χ4n) is 3.59. The van der Waals surface area contributed by atoms with E-state index < -0.39 is 12.0 Å². The average Bonchev–Trinajstić information content (AvgIpc) is 3.16. The number of nitrogens with one attached hydrogen (secondary N) is 3. The topological polar surface area (TPSA) is 123 Å². The van der Waals surface area contributed by atoms with Crippen LogP contribution in [-0.2, 0) is 16.1 Å². The molecule has 0 aliphatic carbocycles. The van der Waals surface area contributed by atoms with Crippen LogP contribution in [0.2, 0.25) is 0 Å².